The van der Waals surface area contributed by atoms with Crippen molar-refractivity contribution in [2.75, 3.05) is 26.2 Å². The summed E-state index contributed by atoms with van der Waals surface area (Å²) in [4.78, 5) is 28.0. The Bertz CT molecular complexity index is 556. The van der Waals surface area contributed by atoms with Gasteiger partial charge in [-0.3, -0.25) is 4.79 Å². The molecule has 0 atom stereocenters. The molecule has 0 spiro atoms. The number of piperidine rings is 1. The van der Waals surface area contributed by atoms with Crippen LogP contribution in [-0.4, -0.2) is 59.2 Å². The van der Waals surface area contributed by atoms with Gasteiger partial charge in [-0.25, -0.2) is 4.79 Å². The number of ether oxygens (including phenoxy) is 1. The number of amides is 2. The van der Waals surface area contributed by atoms with Gasteiger partial charge < -0.3 is 19.1 Å². The van der Waals surface area contributed by atoms with E-state index in [0.29, 0.717) is 36.7 Å². The van der Waals surface area contributed by atoms with Gasteiger partial charge in [-0.15, -0.1) is 0 Å². The summed E-state index contributed by atoms with van der Waals surface area (Å²) in [5.74, 6) is 0.528. The van der Waals surface area contributed by atoms with Crippen molar-refractivity contribution in [1.82, 2.24) is 15.0 Å². The number of carbonyl (C=O) groups is 2. The maximum atomic E-state index is 12.6. The summed E-state index contributed by atoms with van der Waals surface area (Å²) in [6, 6.07) is 0.168. The minimum atomic E-state index is -0.221. The number of cyclic esters (lactones) is 1. The molecule has 0 bridgehead atoms. The van der Waals surface area contributed by atoms with E-state index in [9.17, 15) is 9.59 Å². The fraction of sp³-hybridized carbons (Fsp3) is 0.667. The van der Waals surface area contributed by atoms with E-state index in [-0.39, 0.29) is 18.0 Å². The first-order valence-corrected chi connectivity index (χ1v) is 7.73. The lowest BCUT2D eigenvalue weighted by molar-refractivity contribution is 0.0356. The van der Waals surface area contributed by atoms with Crippen molar-refractivity contribution in [1.29, 1.82) is 0 Å². The number of likely N-dealkylation sites (tertiary alicyclic amines) is 1. The van der Waals surface area contributed by atoms with Crippen LogP contribution in [0.4, 0.5) is 4.79 Å². The van der Waals surface area contributed by atoms with Crippen LogP contribution >= 0.6 is 0 Å². The van der Waals surface area contributed by atoms with Crippen molar-refractivity contribution in [2.45, 2.75) is 39.2 Å². The lowest BCUT2D eigenvalue weighted by Gasteiger charge is -2.39. The molecule has 7 nitrogen and oxygen atoms in total. The molecular weight excluding hydrogens is 286 g/mol. The van der Waals surface area contributed by atoms with Crippen LogP contribution in [0.2, 0.25) is 0 Å². The van der Waals surface area contributed by atoms with Crippen LogP contribution in [0.1, 0.15) is 41.1 Å². The van der Waals surface area contributed by atoms with E-state index in [1.807, 2.05) is 4.90 Å². The van der Waals surface area contributed by atoms with Crippen molar-refractivity contribution in [3.8, 4) is 0 Å². The van der Waals surface area contributed by atoms with Gasteiger partial charge in [0.15, 0.2) is 0 Å². The van der Waals surface area contributed by atoms with Gasteiger partial charge >= 0.3 is 6.09 Å². The number of aryl methyl sites for hydroxylation is 2. The normalized spacial score (nSPS) is 20.2. The average Bonchev–Trinajstić information content (AvgIpc) is 2.86. The number of nitrogens with zero attached hydrogens (tertiary/aromatic N) is 3. The molecule has 0 saturated carbocycles. The molecule has 2 aliphatic heterocycles. The van der Waals surface area contributed by atoms with Gasteiger partial charge in [-0.05, 0) is 33.1 Å². The quantitative estimate of drug-likeness (QED) is 0.832. The van der Waals surface area contributed by atoms with Crippen molar-refractivity contribution in [3.05, 3.63) is 17.0 Å². The van der Waals surface area contributed by atoms with Gasteiger partial charge in [0.05, 0.1) is 12.3 Å². The molecule has 0 aliphatic carbocycles. The summed E-state index contributed by atoms with van der Waals surface area (Å²) in [5.41, 5.74) is 1.19. The van der Waals surface area contributed by atoms with Crippen LogP contribution < -0.4 is 0 Å². The first kappa shape index (κ1) is 14.9. The van der Waals surface area contributed by atoms with Crippen LogP contribution in [0.15, 0.2) is 4.52 Å². The molecule has 2 amide bonds. The monoisotopic (exact) mass is 307 g/mol. The maximum Gasteiger partial charge on any atom is 0.410 e. The van der Waals surface area contributed by atoms with Gasteiger partial charge in [0.25, 0.3) is 5.91 Å². The Morgan fingerprint density at radius 1 is 1.23 bits per heavy atom. The highest BCUT2D eigenvalue weighted by atomic mass is 16.6. The molecule has 7 heteroatoms. The maximum absolute atomic E-state index is 12.6. The number of carbonyl (C=O) groups excluding carboxylic acids is 2. The van der Waals surface area contributed by atoms with E-state index < -0.39 is 0 Å². The van der Waals surface area contributed by atoms with Crippen LogP contribution in [0.25, 0.3) is 0 Å². The molecule has 3 rings (SSSR count). The third-order valence-electron chi connectivity index (χ3n) is 4.44. The molecule has 0 unspecified atom stereocenters. The molecule has 0 radical (unpaired) electrons. The fourth-order valence-electron chi connectivity index (χ4n) is 3.23. The van der Waals surface area contributed by atoms with Crippen LogP contribution in [0, 0.1) is 13.8 Å². The number of hydrogen-bond donors (Lipinski definition) is 0. The van der Waals surface area contributed by atoms with Crippen molar-refractivity contribution in [3.63, 3.8) is 0 Å². The summed E-state index contributed by atoms with van der Waals surface area (Å²) >= 11 is 0. The molecule has 3 heterocycles. The van der Waals surface area contributed by atoms with Crippen molar-refractivity contribution < 1.29 is 18.8 Å². The Balaban J connectivity index is 1.62. The number of aromatic nitrogens is 1. The minimum absolute atomic E-state index is 0.0316. The number of rotatable bonds is 2. The SMILES string of the molecule is Cc1noc(C)c1C(=O)N1CCC(N2CCCOC2=O)CC1. The van der Waals surface area contributed by atoms with Gasteiger partial charge in [-0.2, -0.15) is 0 Å². The Morgan fingerprint density at radius 3 is 2.55 bits per heavy atom. The third-order valence-corrected chi connectivity index (χ3v) is 4.44. The van der Waals surface area contributed by atoms with Crippen molar-refractivity contribution in [2.24, 2.45) is 0 Å². The minimum Gasteiger partial charge on any atom is -0.449 e. The predicted molar refractivity (Wildman–Crippen MR) is 77.6 cm³/mol. The molecule has 120 valence electrons. The molecule has 2 aliphatic rings. The Hall–Kier alpha value is -2.05. The summed E-state index contributed by atoms with van der Waals surface area (Å²) in [7, 11) is 0. The third kappa shape index (κ3) is 2.67. The van der Waals surface area contributed by atoms with Gasteiger partial charge in [0.1, 0.15) is 11.3 Å². The summed E-state index contributed by atoms with van der Waals surface area (Å²) in [5, 5.41) is 3.84. The predicted octanol–water partition coefficient (Wildman–Crippen LogP) is 1.74. The first-order valence-electron chi connectivity index (χ1n) is 7.73. The zero-order valence-electron chi connectivity index (χ0n) is 13.0. The Labute approximate surface area is 129 Å². The van der Waals surface area contributed by atoms with Gasteiger partial charge in [-0.1, -0.05) is 5.16 Å². The smallest absolute Gasteiger partial charge is 0.410 e. The molecule has 1 aromatic heterocycles. The molecule has 0 N–H and O–H groups in total. The van der Waals surface area contributed by atoms with E-state index in [1.165, 1.54) is 0 Å². The largest absolute Gasteiger partial charge is 0.449 e. The lowest BCUT2D eigenvalue weighted by Crippen LogP contribution is -2.51. The lowest BCUT2D eigenvalue weighted by atomic mass is 10.0. The van der Waals surface area contributed by atoms with Gasteiger partial charge in [0.2, 0.25) is 0 Å². The second kappa shape index (κ2) is 5.98. The summed E-state index contributed by atoms with van der Waals surface area (Å²) in [6.45, 7) is 6.07. The molecule has 1 aromatic rings. The van der Waals surface area contributed by atoms with E-state index >= 15 is 0 Å². The summed E-state index contributed by atoms with van der Waals surface area (Å²) < 4.78 is 10.2. The Kier molecular flexibility index (Phi) is 4.04. The highest BCUT2D eigenvalue weighted by Crippen LogP contribution is 2.23. The molecule has 2 fully saturated rings. The highest BCUT2D eigenvalue weighted by molar-refractivity contribution is 5.96. The van der Waals surface area contributed by atoms with E-state index in [2.05, 4.69) is 5.16 Å². The highest BCUT2D eigenvalue weighted by Gasteiger charge is 2.33. The van der Waals surface area contributed by atoms with Crippen LogP contribution in [-0.2, 0) is 4.74 Å². The Morgan fingerprint density at radius 2 is 1.95 bits per heavy atom. The molecule has 2 saturated heterocycles. The summed E-state index contributed by atoms with van der Waals surface area (Å²) in [6.07, 6.45) is 2.22. The number of hydrogen-bond acceptors (Lipinski definition) is 5. The standard InChI is InChI=1S/C15H21N3O4/c1-10-13(11(2)22-16-10)14(19)17-7-4-12(5-8-17)18-6-3-9-21-15(18)20/h12H,3-9H2,1-2H3. The first-order chi connectivity index (χ1) is 10.6. The zero-order chi connectivity index (χ0) is 15.7. The van der Waals surface area contributed by atoms with E-state index in [1.54, 1.807) is 18.7 Å². The second-order valence-corrected chi connectivity index (χ2v) is 5.88. The molecular formula is C15H21N3O4. The van der Waals surface area contributed by atoms with E-state index in [0.717, 1.165) is 25.8 Å². The van der Waals surface area contributed by atoms with E-state index in [4.69, 9.17) is 9.26 Å². The average molecular weight is 307 g/mol. The van der Waals surface area contributed by atoms with Crippen LogP contribution in [0.5, 0.6) is 0 Å². The topological polar surface area (TPSA) is 75.9 Å². The van der Waals surface area contributed by atoms with Gasteiger partial charge in [0, 0.05) is 25.7 Å². The van der Waals surface area contributed by atoms with Crippen molar-refractivity contribution >= 4 is 12.0 Å². The zero-order valence-corrected chi connectivity index (χ0v) is 13.0. The molecule has 22 heavy (non-hydrogen) atoms. The fourth-order valence-corrected chi connectivity index (χ4v) is 3.23. The second-order valence-electron chi connectivity index (χ2n) is 5.88. The van der Waals surface area contributed by atoms with Crippen LogP contribution in [0.3, 0.4) is 0 Å². The molecule has 0 aromatic carbocycles.